The van der Waals surface area contributed by atoms with Gasteiger partial charge in [0.15, 0.2) is 12.4 Å². The largest absolute Gasteiger partial charge is 0.483 e. The van der Waals surface area contributed by atoms with E-state index in [1.165, 1.54) is 0 Å². The van der Waals surface area contributed by atoms with Crippen molar-refractivity contribution in [1.29, 1.82) is 0 Å². The fourth-order valence-corrected chi connectivity index (χ4v) is 4.09. The van der Waals surface area contributed by atoms with E-state index in [-0.39, 0.29) is 17.9 Å². The fraction of sp³-hybridized carbons (Fsp3) is 0.321. The molecule has 0 aliphatic rings. The number of nitrogens with zero attached hydrogens (tertiary/aromatic N) is 3. The number of carbonyl (C=O) groups excluding carboxylic acids is 1. The highest BCUT2D eigenvalue weighted by atomic mass is 16.5. The Morgan fingerprint density at radius 3 is 2.50 bits per heavy atom. The molecular weight excluding hydrogens is 424 g/mol. The molecule has 0 unspecified atom stereocenters. The first-order chi connectivity index (χ1) is 16.0. The normalized spacial score (nSPS) is 11.6. The van der Waals surface area contributed by atoms with E-state index >= 15 is 0 Å². The van der Waals surface area contributed by atoms with Crippen LogP contribution in [0, 0.1) is 27.7 Å². The zero-order valence-electron chi connectivity index (χ0n) is 21.0. The zero-order chi connectivity index (χ0) is 24.6. The molecular formula is C28H32N4O2. The third kappa shape index (κ3) is 4.81. The van der Waals surface area contributed by atoms with Gasteiger partial charge >= 0.3 is 0 Å². The van der Waals surface area contributed by atoms with Gasteiger partial charge in [-0.3, -0.25) is 4.79 Å². The molecule has 0 spiro atoms. The van der Waals surface area contributed by atoms with E-state index in [9.17, 15) is 4.79 Å². The van der Waals surface area contributed by atoms with Crippen LogP contribution in [0.25, 0.3) is 16.7 Å². The summed E-state index contributed by atoms with van der Waals surface area (Å²) >= 11 is 0. The monoisotopic (exact) mass is 456 g/mol. The summed E-state index contributed by atoms with van der Waals surface area (Å²) in [6.45, 7) is 14.4. The molecule has 6 heteroatoms. The summed E-state index contributed by atoms with van der Waals surface area (Å²) in [6.07, 6.45) is 0. The van der Waals surface area contributed by atoms with Crippen LogP contribution in [0.4, 0.5) is 5.82 Å². The van der Waals surface area contributed by atoms with E-state index < -0.39 is 0 Å². The molecule has 0 aliphatic heterocycles. The molecule has 0 saturated carbocycles. The van der Waals surface area contributed by atoms with Crippen LogP contribution in [0.15, 0.2) is 48.5 Å². The highest BCUT2D eigenvalue weighted by Crippen LogP contribution is 2.32. The molecule has 0 fully saturated rings. The number of hydrogen-bond acceptors (Lipinski definition) is 4. The maximum atomic E-state index is 12.8. The Kier molecular flexibility index (Phi) is 6.17. The van der Waals surface area contributed by atoms with E-state index in [4.69, 9.17) is 9.72 Å². The highest BCUT2D eigenvalue weighted by molar-refractivity contribution is 5.91. The Balaban J connectivity index is 1.58. The van der Waals surface area contributed by atoms with Gasteiger partial charge in [-0.2, -0.15) is 9.78 Å². The number of amides is 1. The topological polar surface area (TPSA) is 69.0 Å². The van der Waals surface area contributed by atoms with E-state index in [1.54, 1.807) is 4.68 Å². The van der Waals surface area contributed by atoms with Crippen molar-refractivity contribution in [3.05, 3.63) is 76.5 Å². The van der Waals surface area contributed by atoms with Crippen molar-refractivity contribution in [3.8, 4) is 11.6 Å². The Bertz CT molecular complexity index is 1380. The summed E-state index contributed by atoms with van der Waals surface area (Å²) in [4.78, 5) is 17.7. The van der Waals surface area contributed by atoms with Gasteiger partial charge in [-0.1, -0.05) is 56.7 Å². The van der Waals surface area contributed by atoms with Crippen molar-refractivity contribution in [2.45, 2.75) is 53.9 Å². The second-order valence-electron chi connectivity index (χ2n) is 9.94. The Morgan fingerprint density at radius 2 is 1.76 bits per heavy atom. The average Bonchev–Trinajstić information content (AvgIpc) is 3.12. The van der Waals surface area contributed by atoms with Crippen LogP contribution in [0.1, 0.15) is 48.7 Å². The molecule has 0 bridgehead atoms. The molecule has 0 atom stereocenters. The van der Waals surface area contributed by atoms with Crippen molar-refractivity contribution in [1.82, 2.24) is 14.8 Å². The van der Waals surface area contributed by atoms with Crippen molar-refractivity contribution in [2.75, 3.05) is 11.9 Å². The quantitative estimate of drug-likeness (QED) is 0.402. The first kappa shape index (κ1) is 23.5. The van der Waals surface area contributed by atoms with Crippen LogP contribution < -0.4 is 10.1 Å². The van der Waals surface area contributed by atoms with Gasteiger partial charge in [0.1, 0.15) is 11.6 Å². The molecule has 4 aromatic rings. The van der Waals surface area contributed by atoms with Crippen molar-refractivity contribution in [2.24, 2.45) is 0 Å². The minimum atomic E-state index is -0.254. The molecule has 0 aliphatic carbocycles. The number of nitrogens with one attached hydrogen (secondary N) is 1. The maximum absolute atomic E-state index is 12.8. The molecule has 2 aromatic carbocycles. The number of carbonyl (C=O) groups is 1. The Morgan fingerprint density at radius 1 is 1.00 bits per heavy atom. The van der Waals surface area contributed by atoms with Gasteiger partial charge in [0, 0.05) is 11.5 Å². The maximum Gasteiger partial charge on any atom is 0.263 e. The van der Waals surface area contributed by atoms with E-state index in [0.717, 1.165) is 44.6 Å². The summed E-state index contributed by atoms with van der Waals surface area (Å²) in [7, 11) is 0. The number of aromatic nitrogens is 3. The number of ether oxygens (including phenoxy) is 1. The third-order valence-corrected chi connectivity index (χ3v) is 5.85. The lowest BCUT2D eigenvalue weighted by Crippen LogP contribution is -2.23. The zero-order valence-corrected chi connectivity index (χ0v) is 21.0. The van der Waals surface area contributed by atoms with E-state index in [0.29, 0.717) is 11.6 Å². The number of para-hydroxylation sites is 1. The number of fused-ring (bicyclic) bond motifs is 1. The van der Waals surface area contributed by atoms with Crippen molar-refractivity contribution < 1.29 is 9.53 Å². The third-order valence-electron chi connectivity index (χ3n) is 5.85. The van der Waals surface area contributed by atoms with Crippen LogP contribution >= 0.6 is 0 Å². The van der Waals surface area contributed by atoms with Crippen molar-refractivity contribution >= 4 is 22.6 Å². The molecule has 4 rings (SSSR count). The number of benzene rings is 2. The number of pyridine rings is 1. The Hall–Kier alpha value is -3.67. The van der Waals surface area contributed by atoms with Gasteiger partial charge in [-0.15, -0.1) is 0 Å². The predicted molar refractivity (Wildman–Crippen MR) is 137 cm³/mol. The smallest absolute Gasteiger partial charge is 0.263 e. The summed E-state index contributed by atoms with van der Waals surface area (Å²) in [5.74, 6) is 1.69. The molecule has 2 heterocycles. The van der Waals surface area contributed by atoms with Crippen LogP contribution in [0.3, 0.4) is 0 Å². The molecule has 6 nitrogen and oxygen atoms in total. The SMILES string of the molecule is Cc1ccc(OCC(=O)Nc2cc(C)nn2-c2cc(C)c3cccc(C)c3n2)c(C(C)(C)C)c1. The molecule has 176 valence electrons. The number of hydrogen-bond donors (Lipinski definition) is 1. The van der Waals surface area contributed by atoms with Gasteiger partial charge in [0.2, 0.25) is 0 Å². The van der Waals surface area contributed by atoms with Gasteiger partial charge in [0.05, 0.1) is 11.2 Å². The first-order valence-electron chi connectivity index (χ1n) is 11.5. The van der Waals surface area contributed by atoms with Gasteiger partial charge < -0.3 is 10.1 Å². The van der Waals surface area contributed by atoms with Crippen LogP contribution in [-0.2, 0) is 10.2 Å². The van der Waals surface area contributed by atoms with Gasteiger partial charge in [-0.05, 0) is 61.9 Å². The van der Waals surface area contributed by atoms with E-state index in [1.807, 2.05) is 50.2 Å². The summed E-state index contributed by atoms with van der Waals surface area (Å²) in [6, 6.07) is 16.0. The molecule has 2 aromatic heterocycles. The molecule has 34 heavy (non-hydrogen) atoms. The lowest BCUT2D eigenvalue weighted by Gasteiger charge is -2.23. The summed E-state index contributed by atoms with van der Waals surface area (Å²) in [5, 5.41) is 8.64. The molecule has 1 amide bonds. The van der Waals surface area contributed by atoms with Gasteiger partial charge in [-0.25, -0.2) is 4.98 Å². The number of rotatable bonds is 5. The van der Waals surface area contributed by atoms with Crippen LogP contribution in [0.5, 0.6) is 5.75 Å². The minimum absolute atomic E-state index is 0.0920. The standard InChI is InChI=1S/C28H32N4O2/c1-17-11-12-23(22(13-17)28(5,6)7)34-16-26(33)29-25-15-20(4)31-32(25)24-14-19(3)21-10-8-9-18(2)27(21)30-24/h8-15H,16H2,1-7H3,(H,29,33). The summed E-state index contributed by atoms with van der Waals surface area (Å²) < 4.78 is 7.62. The van der Waals surface area contributed by atoms with Crippen molar-refractivity contribution in [3.63, 3.8) is 0 Å². The van der Waals surface area contributed by atoms with E-state index in [2.05, 4.69) is 57.2 Å². The number of anilines is 1. The second kappa shape index (κ2) is 8.93. The molecule has 1 N–H and O–H groups in total. The molecule has 0 saturated heterocycles. The second-order valence-corrected chi connectivity index (χ2v) is 9.94. The summed E-state index contributed by atoms with van der Waals surface area (Å²) in [5.41, 5.74) is 6.06. The fourth-order valence-electron chi connectivity index (χ4n) is 4.09. The Labute approximate surface area is 201 Å². The molecule has 0 radical (unpaired) electrons. The van der Waals surface area contributed by atoms with Gasteiger partial charge in [0.25, 0.3) is 5.91 Å². The average molecular weight is 457 g/mol. The predicted octanol–water partition coefficient (Wildman–Crippen LogP) is 5.97. The highest BCUT2D eigenvalue weighted by Gasteiger charge is 2.20. The number of aryl methyl sites for hydroxylation is 4. The lowest BCUT2D eigenvalue weighted by molar-refractivity contribution is -0.118. The van der Waals surface area contributed by atoms with Crippen LogP contribution in [0.2, 0.25) is 0 Å². The first-order valence-corrected chi connectivity index (χ1v) is 11.5. The van der Waals surface area contributed by atoms with Crippen LogP contribution in [-0.4, -0.2) is 27.3 Å². The lowest BCUT2D eigenvalue weighted by atomic mass is 9.85. The minimum Gasteiger partial charge on any atom is -0.483 e.